The Morgan fingerprint density at radius 3 is 2.72 bits per heavy atom. The highest BCUT2D eigenvalue weighted by atomic mass is 16.3. The molecule has 0 aliphatic heterocycles. The third kappa shape index (κ3) is 2.76. The first-order chi connectivity index (χ1) is 12.1. The summed E-state index contributed by atoms with van der Waals surface area (Å²) < 4.78 is 0. The molecule has 2 aromatic heterocycles. The number of pyridine rings is 2. The molecule has 0 saturated heterocycles. The Bertz CT molecular complexity index is 1120. The summed E-state index contributed by atoms with van der Waals surface area (Å²) in [5, 5.41) is 15.7. The Balaban J connectivity index is 1.96. The summed E-state index contributed by atoms with van der Waals surface area (Å²) >= 11 is 0. The molecule has 4 rings (SSSR count). The van der Waals surface area contributed by atoms with Crippen molar-refractivity contribution in [2.75, 3.05) is 5.32 Å². The fourth-order valence-electron chi connectivity index (χ4n) is 2.88. The molecule has 4 aromatic rings. The number of anilines is 2. The molecule has 0 bridgehead atoms. The van der Waals surface area contributed by atoms with Crippen molar-refractivity contribution in [3.63, 3.8) is 0 Å². The highest BCUT2D eigenvalue weighted by Gasteiger charge is 2.11. The second-order valence-electron chi connectivity index (χ2n) is 5.85. The average Bonchev–Trinajstić information content (AvgIpc) is 2.61. The fourth-order valence-corrected chi connectivity index (χ4v) is 2.88. The van der Waals surface area contributed by atoms with Crippen LogP contribution in [0, 0.1) is 0 Å². The van der Waals surface area contributed by atoms with Gasteiger partial charge in [-0.2, -0.15) is 0 Å². The van der Waals surface area contributed by atoms with Crippen LogP contribution in [0.15, 0.2) is 60.9 Å². The van der Waals surface area contributed by atoms with Gasteiger partial charge in [0, 0.05) is 45.9 Å². The summed E-state index contributed by atoms with van der Waals surface area (Å²) in [6.45, 7) is 1.54. The standard InChI is InChI=1S/C20H15N3O2/c1-12(24)13-5-6-16-18-11-21-8-7-17(18)20(23-19(16)9-13)22-14-3-2-4-15(25)10-14/h2-11,25H,1H3,(H,22,23). The fraction of sp³-hybridized carbons (Fsp3) is 0.0500. The van der Waals surface area contributed by atoms with Crippen LogP contribution in [0.2, 0.25) is 0 Å². The van der Waals surface area contributed by atoms with Crippen molar-refractivity contribution in [1.82, 2.24) is 9.97 Å². The minimum Gasteiger partial charge on any atom is -0.508 e. The van der Waals surface area contributed by atoms with Gasteiger partial charge in [0.05, 0.1) is 5.52 Å². The summed E-state index contributed by atoms with van der Waals surface area (Å²) in [7, 11) is 0. The van der Waals surface area contributed by atoms with E-state index in [1.807, 2.05) is 18.2 Å². The van der Waals surface area contributed by atoms with E-state index < -0.39 is 0 Å². The van der Waals surface area contributed by atoms with E-state index in [2.05, 4.69) is 10.3 Å². The van der Waals surface area contributed by atoms with Crippen molar-refractivity contribution in [2.45, 2.75) is 6.92 Å². The number of nitrogens with zero attached hydrogens (tertiary/aromatic N) is 2. The third-order valence-corrected chi connectivity index (χ3v) is 4.11. The molecule has 122 valence electrons. The quantitative estimate of drug-likeness (QED) is 0.429. The highest BCUT2D eigenvalue weighted by Crippen LogP contribution is 2.31. The molecule has 5 nitrogen and oxygen atoms in total. The number of phenols is 1. The molecule has 0 saturated carbocycles. The van der Waals surface area contributed by atoms with Crippen LogP contribution in [0.1, 0.15) is 17.3 Å². The number of fused-ring (bicyclic) bond motifs is 3. The number of carbonyl (C=O) groups is 1. The smallest absolute Gasteiger partial charge is 0.159 e. The van der Waals surface area contributed by atoms with Gasteiger partial charge in [-0.05, 0) is 31.2 Å². The molecule has 0 aliphatic carbocycles. The summed E-state index contributed by atoms with van der Waals surface area (Å²) in [6, 6.07) is 14.2. The van der Waals surface area contributed by atoms with Crippen molar-refractivity contribution in [2.24, 2.45) is 0 Å². The van der Waals surface area contributed by atoms with Crippen LogP contribution < -0.4 is 5.32 Å². The summed E-state index contributed by atoms with van der Waals surface area (Å²) in [4.78, 5) is 20.6. The minimum absolute atomic E-state index is 0.00234. The number of phenolic OH excluding ortho intramolecular Hbond substituents is 1. The monoisotopic (exact) mass is 329 g/mol. The number of hydrogen-bond acceptors (Lipinski definition) is 5. The molecule has 0 unspecified atom stereocenters. The average molecular weight is 329 g/mol. The summed E-state index contributed by atoms with van der Waals surface area (Å²) in [5.41, 5.74) is 2.06. The van der Waals surface area contributed by atoms with Gasteiger partial charge < -0.3 is 10.4 Å². The van der Waals surface area contributed by atoms with Crippen LogP contribution in [0.3, 0.4) is 0 Å². The Hall–Kier alpha value is -3.47. The predicted molar refractivity (Wildman–Crippen MR) is 98.4 cm³/mol. The van der Waals surface area contributed by atoms with E-state index in [0.717, 1.165) is 27.4 Å². The second kappa shape index (κ2) is 5.87. The predicted octanol–water partition coefficient (Wildman–Crippen LogP) is 4.43. The number of rotatable bonds is 3. The molecule has 0 amide bonds. The Labute approximate surface area is 144 Å². The molecule has 5 heteroatoms. The van der Waals surface area contributed by atoms with Gasteiger partial charge >= 0.3 is 0 Å². The molecule has 0 aliphatic rings. The molecular formula is C20H15N3O2. The summed E-state index contributed by atoms with van der Waals surface area (Å²) in [5.74, 6) is 0.823. The number of nitrogens with one attached hydrogen (secondary N) is 1. The van der Waals surface area contributed by atoms with E-state index in [1.54, 1.807) is 42.7 Å². The maximum atomic E-state index is 11.7. The second-order valence-corrected chi connectivity index (χ2v) is 5.85. The van der Waals surface area contributed by atoms with Crippen molar-refractivity contribution < 1.29 is 9.90 Å². The van der Waals surface area contributed by atoms with Crippen LogP contribution in [-0.4, -0.2) is 20.9 Å². The molecule has 0 atom stereocenters. The lowest BCUT2D eigenvalue weighted by Gasteiger charge is -2.12. The first-order valence-electron chi connectivity index (χ1n) is 7.86. The number of aromatic hydroxyl groups is 1. The van der Waals surface area contributed by atoms with Crippen LogP contribution in [0.4, 0.5) is 11.5 Å². The lowest BCUT2D eigenvalue weighted by atomic mass is 10.0. The zero-order valence-corrected chi connectivity index (χ0v) is 13.5. The molecule has 0 radical (unpaired) electrons. The largest absolute Gasteiger partial charge is 0.508 e. The summed E-state index contributed by atoms with van der Waals surface area (Å²) in [6.07, 6.45) is 3.51. The van der Waals surface area contributed by atoms with Crippen LogP contribution >= 0.6 is 0 Å². The van der Waals surface area contributed by atoms with Crippen molar-refractivity contribution in [1.29, 1.82) is 0 Å². The van der Waals surface area contributed by atoms with Gasteiger partial charge in [0.2, 0.25) is 0 Å². The van der Waals surface area contributed by atoms with E-state index in [1.165, 1.54) is 6.92 Å². The van der Waals surface area contributed by atoms with Gasteiger partial charge in [-0.3, -0.25) is 9.78 Å². The zero-order chi connectivity index (χ0) is 17.4. The van der Waals surface area contributed by atoms with Gasteiger partial charge in [-0.15, -0.1) is 0 Å². The topological polar surface area (TPSA) is 75.1 Å². The molecule has 2 N–H and O–H groups in total. The molecule has 0 fully saturated rings. The van der Waals surface area contributed by atoms with E-state index in [-0.39, 0.29) is 11.5 Å². The van der Waals surface area contributed by atoms with Crippen LogP contribution in [-0.2, 0) is 0 Å². The maximum Gasteiger partial charge on any atom is 0.159 e. The Morgan fingerprint density at radius 2 is 1.92 bits per heavy atom. The first kappa shape index (κ1) is 15.1. The highest BCUT2D eigenvalue weighted by molar-refractivity contribution is 6.11. The van der Waals surface area contributed by atoms with E-state index in [0.29, 0.717) is 11.4 Å². The van der Waals surface area contributed by atoms with Gasteiger partial charge in [0.15, 0.2) is 5.78 Å². The van der Waals surface area contributed by atoms with Gasteiger partial charge in [0.1, 0.15) is 11.6 Å². The van der Waals surface area contributed by atoms with Crippen LogP contribution in [0.25, 0.3) is 21.7 Å². The van der Waals surface area contributed by atoms with Crippen molar-refractivity contribution >= 4 is 39.0 Å². The van der Waals surface area contributed by atoms with Gasteiger partial charge in [-0.25, -0.2) is 4.98 Å². The Kier molecular flexibility index (Phi) is 3.54. The zero-order valence-electron chi connectivity index (χ0n) is 13.5. The number of hydrogen-bond donors (Lipinski definition) is 2. The lowest BCUT2D eigenvalue weighted by molar-refractivity contribution is 0.101. The molecule has 25 heavy (non-hydrogen) atoms. The SMILES string of the molecule is CC(=O)c1ccc2c(c1)nc(Nc1cccc(O)c1)c1ccncc12. The maximum absolute atomic E-state index is 11.7. The number of aromatic nitrogens is 2. The van der Waals surface area contributed by atoms with Crippen molar-refractivity contribution in [3.05, 3.63) is 66.5 Å². The van der Waals surface area contributed by atoms with Crippen molar-refractivity contribution in [3.8, 4) is 5.75 Å². The normalized spacial score (nSPS) is 10.9. The molecule has 0 spiro atoms. The number of ketones is 1. The Morgan fingerprint density at radius 1 is 1.04 bits per heavy atom. The molecule has 2 aromatic carbocycles. The van der Waals surface area contributed by atoms with E-state index >= 15 is 0 Å². The number of Topliss-reactive ketones (excluding diaryl/α,β-unsaturated/α-hetero) is 1. The molecular weight excluding hydrogens is 314 g/mol. The van der Waals surface area contributed by atoms with E-state index in [4.69, 9.17) is 4.98 Å². The lowest BCUT2D eigenvalue weighted by Crippen LogP contribution is -1.98. The number of benzene rings is 2. The minimum atomic E-state index is -0.00234. The van der Waals surface area contributed by atoms with E-state index in [9.17, 15) is 9.90 Å². The first-order valence-corrected chi connectivity index (χ1v) is 7.86. The van der Waals surface area contributed by atoms with Gasteiger partial charge in [-0.1, -0.05) is 18.2 Å². The van der Waals surface area contributed by atoms with Gasteiger partial charge in [0.25, 0.3) is 0 Å². The third-order valence-electron chi connectivity index (χ3n) is 4.11. The number of carbonyl (C=O) groups excluding carboxylic acids is 1. The molecule has 2 heterocycles. The van der Waals surface area contributed by atoms with Crippen LogP contribution in [0.5, 0.6) is 5.75 Å².